The Bertz CT molecular complexity index is 790. The number of anilines is 1. The fourth-order valence-electron chi connectivity index (χ4n) is 2.12. The maximum Gasteiger partial charge on any atom is 0.252 e. The Kier molecular flexibility index (Phi) is 6.00. The number of carbonyl (C=O) groups excluding carboxylic acids is 1. The molecule has 8 heteroatoms. The lowest BCUT2D eigenvalue weighted by Gasteiger charge is -2.12. The van der Waals surface area contributed by atoms with Gasteiger partial charge in [-0.15, -0.1) is 0 Å². The van der Waals surface area contributed by atoms with E-state index < -0.39 is 29.2 Å². The molecule has 0 heterocycles. The van der Waals surface area contributed by atoms with E-state index >= 15 is 0 Å². The van der Waals surface area contributed by atoms with E-state index in [0.29, 0.717) is 11.4 Å². The quantitative estimate of drug-likeness (QED) is 0.598. The van der Waals surface area contributed by atoms with Crippen molar-refractivity contribution in [2.24, 2.45) is 5.73 Å². The number of aromatic hydroxyl groups is 1. The van der Waals surface area contributed by atoms with Crippen LogP contribution in [0.4, 0.5) is 5.69 Å². The zero-order chi connectivity index (χ0) is 18.6. The molecule has 0 bridgehead atoms. The van der Waals surface area contributed by atoms with Crippen LogP contribution in [0.1, 0.15) is 29.8 Å². The van der Waals surface area contributed by atoms with E-state index in [1.807, 2.05) is 13.8 Å². The van der Waals surface area contributed by atoms with Crippen molar-refractivity contribution in [1.29, 1.82) is 0 Å². The van der Waals surface area contributed by atoms with Gasteiger partial charge in [0.1, 0.15) is 22.5 Å². The molecule has 0 aliphatic rings. The number of aliphatic hydroxyl groups excluding tert-OH is 1. The number of carbonyl (C=O) groups is 1. The topological polar surface area (TPSA) is 122 Å². The zero-order valence-corrected chi connectivity index (χ0v) is 14.7. The number of phenols is 1. The molecule has 7 nitrogen and oxygen atoms in total. The predicted molar refractivity (Wildman–Crippen MR) is 94.8 cm³/mol. The van der Waals surface area contributed by atoms with E-state index in [2.05, 4.69) is 4.72 Å². The maximum atomic E-state index is 12.5. The van der Waals surface area contributed by atoms with Crippen LogP contribution in [0.2, 0.25) is 0 Å². The highest BCUT2D eigenvalue weighted by Crippen LogP contribution is 2.27. The van der Waals surface area contributed by atoms with Crippen LogP contribution in [0.25, 0.3) is 0 Å². The van der Waals surface area contributed by atoms with E-state index in [0.717, 1.165) is 0 Å². The molecule has 5 N–H and O–H groups in total. The first kappa shape index (κ1) is 18.8. The van der Waals surface area contributed by atoms with Gasteiger partial charge in [-0.2, -0.15) is 0 Å². The molecule has 0 aliphatic heterocycles. The summed E-state index contributed by atoms with van der Waals surface area (Å²) in [7, 11) is -1.72. The molecule has 0 spiro atoms. The number of amides is 1. The summed E-state index contributed by atoms with van der Waals surface area (Å²) in [5.41, 5.74) is 5.65. The van der Waals surface area contributed by atoms with Crippen LogP contribution in [0.15, 0.2) is 41.3 Å². The highest BCUT2D eigenvalue weighted by atomic mass is 32.2. The van der Waals surface area contributed by atoms with Gasteiger partial charge in [0.25, 0.3) is 5.91 Å². The second-order valence-electron chi connectivity index (χ2n) is 5.56. The second-order valence-corrected chi connectivity index (χ2v) is 6.78. The SMILES string of the molecule is CC(C)Oc1ccc(NS(=O)c2cc(CO)c(O)c(C(N)=O)c2)cc1. The molecule has 0 fully saturated rings. The van der Waals surface area contributed by atoms with Crippen molar-refractivity contribution >= 4 is 22.6 Å². The molecule has 25 heavy (non-hydrogen) atoms. The Morgan fingerprint density at radius 3 is 2.44 bits per heavy atom. The number of nitrogens with one attached hydrogen (secondary N) is 1. The van der Waals surface area contributed by atoms with Crippen LogP contribution >= 0.6 is 0 Å². The van der Waals surface area contributed by atoms with Crippen LogP contribution in [0.3, 0.4) is 0 Å². The van der Waals surface area contributed by atoms with E-state index in [-0.39, 0.29) is 22.1 Å². The molecule has 0 saturated carbocycles. The van der Waals surface area contributed by atoms with Gasteiger partial charge >= 0.3 is 0 Å². The number of benzene rings is 2. The number of nitrogens with two attached hydrogens (primary N) is 1. The molecule has 0 radical (unpaired) electrons. The average molecular weight is 364 g/mol. The Morgan fingerprint density at radius 2 is 1.92 bits per heavy atom. The molecule has 1 amide bonds. The van der Waals surface area contributed by atoms with Crippen molar-refractivity contribution in [3.8, 4) is 11.5 Å². The molecular formula is C17H20N2O5S. The Hall–Kier alpha value is -2.58. The van der Waals surface area contributed by atoms with Gasteiger partial charge in [0.2, 0.25) is 0 Å². The van der Waals surface area contributed by atoms with Crippen molar-refractivity contribution in [1.82, 2.24) is 0 Å². The van der Waals surface area contributed by atoms with Gasteiger partial charge < -0.3 is 25.4 Å². The van der Waals surface area contributed by atoms with Crippen LogP contribution in [-0.2, 0) is 17.6 Å². The number of ether oxygens (including phenoxy) is 1. The van der Waals surface area contributed by atoms with Crippen LogP contribution in [-0.4, -0.2) is 26.4 Å². The van der Waals surface area contributed by atoms with Gasteiger partial charge in [0.15, 0.2) is 0 Å². The summed E-state index contributed by atoms with van der Waals surface area (Å²) in [6.07, 6.45) is 0.0501. The molecule has 0 aromatic heterocycles. The largest absolute Gasteiger partial charge is 0.507 e. The van der Waals surface area contributed by atoms with Crippen molar-refractivity contribution in [2.45, 2.75) is 31.5 Å². The minimum absolute atomic E-state index is 0.0501. The molecule has 1 unspecified atom stereocenters. The number of hydrogen-bond donors (Lipinski definition) is 4. The Labute approximate surface area is 148 Å². The predicted octanol–water partition coefficient (Wildman–Crippen LogP) is 1.91. The van der Waals surface area contributed by atoms with Gasteiger partial charge in [0.05, 0.1) is 23.2 Å². The van der Waals surface area contributed by atoms with E-state index in [1.54, 1.807) is 24.3 Å². The van der Waals surface area contributed by atoms with E-state index in [4.69, 9.17) is 10.5 Å². The van der Waals surface area contributed by atoms with E-state index in [9.17, 15) is 19.2 Å². The summed E-state index contributed by atoms with van der Waals surface area (Å²) in [5, 5.41) is 19.1. The van der Waals surface area contributed by atoms with Gasteiger partial charge in [-0.25, -0.2) is 4.21 Å². The third-order valence-corrected chi connectivity index (χ3v) is 4.33. The van der Waals surface area contributed by atoms with Gasteiger partial charge in [-0.3, -0.25) is 4.79 Å². The second kappa shape index (κ2) is 8.00. The van der Waals surface area contributed by atoms with Crippen molar-refractivity contribution < 1.29 is 24.0 Å². The molecule has 1 atom stereocenters. The summed E-state index contributed by atoms with van der Waals surface area (Å²) >= 11 is 0. The number of rotatable bonds is 7. The lowest BCUT2D eigenvalue weighted by Crippen LogP contribution is -2.14. The van der Waals surface area contributed by atoms with Crippen LogP contribution < -0.4 is 15.2 Å². The van der Waals surface area contributed by atoms with Crippen LogP contribution in [0.5, 0.6) is 11.5 Å². The summed E-state index contributed by atoms with van der Waals surface area (Å²) in [5.74, 6) is -0.596. The molecule has 134 valence electrons. The highest BCUT2D eigenvalue weighted by Gasteiger charge is 2.16. The summed E-state index contributed by atoms with van der Waals surface area (Å²) in [4.78, 5) is 11.6. The number of primary amides is 1. The normalized spacial score (nSPS) is 12.0. The van der Waals surface area contributed by atoms with E-state index in [1.165, 1.54) is 12.1 Å². The summed E-state index contributed by atoms with van der Waals surface area (Å²) in [6.45, 7) is 3.32. The molecule has 0 aliphatic carbocycles. The Balaban J connectivity index is 2.23. The number of hydrogen-bond acceptors (Lipinski definition) is 5. The third kappa shape index (κ3) is 4.71. The smallest absolute Gasteiger partial charge is 0.252 e. The molecule has 2 aromatic carbocycles. The number of aliphatic hydroxyl groups is 1. The minimum Gasteiger partial charge on any atom is -0.507 e. The fourth-order valence-corrected chi connectivity index (χ4v) is 3.06. The van der Waals surface area contributed by atoms with Crippen molar-refractivity contribution in [3.05, 3.63) is 47.5 Å². The highest BCUT2D eigenvalue weighted by molar-refractivity contribution is 7.86. The average Bonchev–Trinajstić information content (AvgIpc) is 2.56. The third-order valence-electron chi connectivity index (χ3n) is 3.25. The summed E-state index contributed by atoms with van der Waals surface area (Å²) in [6, 6.07) is 9.47. The first-order valence-corrected chi connectivity index (χ1v) is 8.68. The van der Waals surface area contributed by atoms with Crippen molar-refractivity contribution in [2.75, 3.05) is 4.72 Å². The molecule has 2 aromatic rings. The summed E-state index contributed by atoms with van der Waals surface area (Å²) < 4.78 is 20.8. The Morgan fingerprint density at radius 1 is 1.28 bits per heavy atom. The monoisotopic (exact) mass is 364 g/mol. The van der Waals surface area contributed by atoms with Gasteiger partial charge in [-0.1, -0.05) is 0 Å². The fraction of sp³-hybridized carbons (Fsp3) is 0.235. The van der Waals surface area contributed by atoms with Gasteiger partial charge in [0, 0.05) is 11.3 Å². The lowest BCUT2D eigenvalue weighted by atomic mass is 10.1. The minimum atomic E-state index is -1.72. The molecule has 0 saturated heterocycles. The van der Waals surface area contributed by atoms with Crippen molar-refractivity contribution in [3.63, 3.8) is 0 Å². The zero-order valence-electron chi connectivity index (χ0n) is 13.9. The van der Waals surface area contributed by atoms with Crippen LogP contribution in [0, 0.1) is 0 Å². The van der Waals surface area contributed by atoms with Gasteiger partial charge in [-0.05, 0) is 50.2 Å². The first-order valence-electron chi connectivity index (χ1n) is 7.53. The maximum absolute atomic E-state index is 12.5. The first-order chi connectivity index (χ1) is 11.8. The molecular weight excluding hydrogens is 344 g/mol. The molecule has 2 rings (SSSR count). The standard InChI is InChI=1S/C17H20N2O5S/c1-10(2)24-13-5-3-12(4-6-13)19-25(23)14-7-11(9-20)16(21)15(8-14)17(18)22/h3-8,10,19-21H,9H2,1-2H3,(H2,18,22). The lowest BCUT2D eigenvalue weighted by molar-refractivity contribution is 0.0997.